The fourth-order valence-corrected chi connectivity index (χ4v) is 4.37. The monoisotopic (exact) mass is 361 g/mol. The van der Waals surface area contributed by atoms with Crippen LogP contribution in [0.4, 0.5) is 0 Å². The van der Waals surface area contributed by atoms with Crippen molar-refractivity contribution in [2.24, 2.45) is 0 Å². The van der Waals surface area contributed by atoms with Gasteiger partial charge in [0.15, 0.2) is 0 Å². The maximum absolute atomic E-state index is 12.3. The van der Waals surface area contributed by atoms with E-state index < -0.39 is 22.2 Å². The zero-order valence-electron chi connectivity index (χ0n) is 14.0. The van der Waals surface area contributed by atoms with Crippen LogP contribution in [0, 0.1) is 0 Å². The molecule has 3 rings (SSSR count). The Bertz CT molecular complexity index is 792. The van der Waals surface area contributed by atoms with E-state index in [0.29, 0.717) is 26.1 Å². The molecule has 0 fully saturated rings. The van der Waals surface area contributed by atoms with Crippen LogP contribution in [0.5, 0.6) is 0 Å². The molecule has 2 atom stereocenters. The Balaban J connectivity index is 1.46. The standard InChI is InChI=1S/C19H23NO4S/c21-18-13-16-9-4-5-10-17(16)19(18)20-25(22,23)12-6-11-24-14-15-7-2-1-3-8-15/h1-5,7-10,18-21H,6,11-14H2/t18-,19+/m0/s1. The Hall–Kier alpha value is -1.73. The lowest BCUT2D eigenvalue weighted by Crippen LogP contribution is -2.35. The second kappa shape index (κ2) is 8.10. The van der Waals surface area contributed by atoms with Crippen molar-refractivity contribution < 1.29 is 18.3 Å². The molecular formula is C19H23NO4S. The first kappa shape index (κ1) is 18.1. The normalized spacial score (nSPS) is 19.7. The number of benzene rings is 2. The molecule has 0 heterocycles. The average Bonchev–Trinajstić information content (AvgIpc) is 2.91. The topological polar surface area (TPSA) is 75.6 Å². The average molecular weight is 361 g/mol. The van der Waals surface area contributed by atoms with Gasteiger partial charge in [-0.15, -0.1) is 0 Å². The van der Waals surface area contributed by atoms with Gasteiger partial charge in [-0.05, 0) is 23.1 Å². The summed E-state index contributed by atoms with van der Waals surface area (Å²) in [5.41, 5.74) is 2.92. The second-order valence-electron chi connectivity index (χ2n) is 6.28. The molecule has 2 N–H and O–H groups in total. The Kier molecular flexibility index (Phi) is 5.86. The van der Waals surface area contributed by atoms with E-state index in [1.807, 2.05) is 54.6 Å². The lowest BCUT2D eigenvalue weighted by atomic mass is 10.1. The fraction of sp³-hybridized carbons (Fsp3) is 0.368. The third-order valence-corrected chi connectivity index (χ3v) is 5.76. The predicted molar refractivity (Wildman–Crippen MR) is 96.5 cm³/mol. The van der Waals surface area contributed by atoms with Gasteiger partial charge in [-0.3, -0.25) is 0 Å². The van der Waals surface area contributed by atoms with E-state index in [2.05, 4.69) is 4.72 Å². The summed E-state index contributed by atoms with van der Waals surface area (Å²) in [5, 5.41) is 10.2. The molecule has 6 heteroatoms. The molecule has 25 heavy (non-hydrogen) atoms. The van der Waals surface area contributed by atoms with Gasteiger partial charge in [0.25, 0.3) is 0 Å². The molecule has 0 unspecified atom stereocenters. The number of rotatable bonds is 8. The van der Waals surface area contributed by atoms with Gasteiger partial charge in [0.2, 0.25) is 10.0 Å². The molecule has 2 aromatic carbocycles. The van der Waals surface area contributed by atoms with Crippen LogP contribution in [0.15, 0.2) is 54.6 Å². The summed E-state index contributed by atoms with van der Waals surface area (Å²) in [5.74, 6) is -0.0207. The van der Waals surface area contributed by atoms with Crippen molar-refractivity contribution in [3.63, 3.8) is 0 Å². The first-order valence-electron chi connectivity index (χ1n) is 8.43. The summed E-state index contributed by atoms with van der Waals surface area (Å²) >= 11 is 0. The van der Waals surface area contributed by atoms with E-state index in [4.69, 9.17) is 4.74 Å². The van der Waals surface area contributed by atoms with Crippen molar-refractivity contribution in [2.75, 3.05) is 12.4 Å². The van der Waals surface area contributed by atoms with Crippen molar-refractivity contribution >= 4 is 10.0 Å². The van der Waals surface area contributed by atoms with Crippen molar-refractivity contribution in [2.45, 2.75) is 31.6 Å². The molecule has 0 aromatic heterocycles. The Labute approximate surface area is 148 Å². The Morgan fingerprint density at radius 1 is 1.08 bits per heavy atom. The zero-order valence-corrected chi connectivity index (χ0v) is 14.8. The van der Waals surface area contributed by atoms with Crippen LogP contribution < -0.4 is 4.72 Å². The molecule has 0 spiro atoms. The number of aliphatic hydroxyl groups excluding tert-OH is 1. The molecule has 1 aliphatic rings. The quantitative estimate of drug-likeness (QED) is 0.707. The lowest BCUT2D eigenvalue weighted by molar-refractivity contribution is 0.121. The maximum Gasteiger partial charge on any atom is 0.212 e. The summed E-state index contributed by atoms with van der Waals surface area (Å²) in [4.78, 5) is 0. The largest absolute Gasteiger partial charge is 0.391 e. The van der Waals surface area contributed by atoms with E-state index >= 15 is 0 Å². The van der Waals surface area contributed by atoms with Crippen LogP contribution in [0.2, 0.25) is 0 Å². The van der Waals surface area contributed by atoms with Gasteiger partial charge in [0, 0.05) is 13.0 Å². The highest BCUT2D eigenvalue weighted by molar-refractivity contribution is 7.89. The summed E-state index contributed by atoms with van der Waals surface area (Å²) in [6, 6.07) is 16.7. The van der Waals surface area contributed by atoms with Crippen LogP contribution in [0.1, 0.15) is 29.2 Å². The van der Waals surface area contributed by atoms with Crippen molar-refractivity contribution in [1.82, 2.24) is 4.72 Å². The molecule has 5 nitrogen and oxygen atoms in total. The highest BCUT2D eigenvalue weighted by atomic mass is 32.2. The molecule has 0 saturated heterocycles. The number of nitrogens with one attached hydrogen (secondary N) is 1. The molecule has 0 bridgehead atoms. The highest BCUT2D eigenvalue weighted by Crippen LogP contribution is 2.31. The van der Waals surface area contributed by atoms with Gasteiger partial charge in [0.05, 0.1) is 24.5 Å². The Morgan fingerprint density at radius 3 is 2.60 bits per heavy atom. The van der Waals surface area contributed by atoms with Crippen molar-refractivity contribution in [3.05, 3.63) is 71.3 Å². The zero-order chi connectivity index (χ0) is 17.7. The van der Waals surface area contributed by atoms with E-state index in [-0.39, 0.29) is 5.75 Å². The third kappa shape index (κ3) is 4.89. The third-order valence-electron chi connectivity index (χ3n) is 4.32. The maximum atomic E-state index is 12.3. The minimum atomic E-state index is -3.48. The molecule has 2 aromatic rings. The van der Waals surface area contributed by atoms with Gasteiger partial charge in [-0.25, -0.2) is 13.1 Å². The molecule has 0 amide bonds. The number of aliphatic hydroxyl groups is 1. The minimum Gasteiger partial charge on any atom is -0.391 e. The molecular weight excluding hydrogens is 338 g/mol. The number of hydrogen-bond acceptors (Lipinski definition) is 4. The van der Waals surface area contributed by atoms with Crippen LogP contribution in [0.25, 0.3) is 0 Å². The van der Waals surface area contributed by atoms with E-state index in [0.717, 1.165) is 16.7 Å². The van der Waals surface area contributed by atoms with Crippen LogP contribution in [0.3, 0.4) is 0 Å². The number of fused-ring (bicyclic) bond motifs is 1. The van der Waals surface area contributed by atoms with Crippen molar-refractivity contribution in [3.8, 4) is 0 Å². The molecule has 1 aliphatic carbocycles. The molecule has 134 valence electrons. The smallest absolute Gasteiger partial charge is 0.212 e. The van der Waals surface area contributed by atoms with Gasteiger partial charge in [-0.2, -0.15) is 0 Å². The van der Waals surface area contributed by atoms with Crippen LogP contribution in [-0.2, 0) is 27.8 Å². The number of hydrogen-bond donors (Lipinski definition) is 2. The fourth-order valence-electron chi connectivity index (χ4n) is 3.08. The van der Waals surface area contributed by atoms with Crippen molar-refractivity contribution in [1.29, 1.82) is 0 Å². The lowest BCUT2D eigenvalue weighted by Gasteiger charge is -2.18. The molecule has 0 aliphatic heterocycles. The predicted octanol–water partition coefficient (Wildman–Crippen LogP) is 2.17. The molecule has 0 radical (unpaired) electrons. The number of sulfonamides is 1. The van der Waals surface area contributed by atoms with Gasteiger partial charge in [0.1, 0.15) is 0 Å². The SMILES string of the molecule is O=S(=O)(CCCOCc1ccccc1)N[C@@H]1c2ccccc2C[C@@H]1O. The first-order valence-corrected chi connectivity index (χ1v) is 10.1. The number of ether oxygens (including phenoxy) is 1. The van der Waals surface area contributed by atoms with E-state index in [1.165, 1.54) is 0 Å². The summed E-state index contributed by atoms with van der Waals surface area (Å²) < 4.78 is 32.8. The van der Waals surface area contributed by atoms with Crippen LogP contribution in [-0.4, -0.2) is 32.0 Å². The first-order chi connectivity index (χ1) is 12.1. The second-order valence-corrected chi connectivity index (χ2v) is 8.15. The summed E-state index contributed by atoms with van der Waals surface area (Å²) in [7, 11) is -3.48. The molecule has 0 saturated carbocycles. The van der Waals surface area contributed by atoms with Gasteiger partial charge >= 0.3 is 0 Å². The summed E-state index contributed by atoms with van der Waals surface area (Å²) in [6.07, 6.45) is 0.164. The Morgan fingerprint density at radius 2 is 1.80 bits per heavy atom. The van der Waals surface area contributed by atoms with Gasteiger partial charge < -0.3 is 9.84 Å². The van der Waals surface area contributed by atoms with E-state index in [9.17, 15) is 13.5 Å². The van der Waals surface area contributed by atoms with E-state index in [1.54, 1.807) is 0 Å². The highest BCUT2D eigenvalue weighted by Gasteiger charge is 2.33. The minimum absolute atomic E-state index is 0.0207. The van der Waals surface area contributed by atoms with Crippen LogP contribution >= 0.6 is 0 Å². The van der Waals surface area contributed by atoms with Gasteiger partial charge in [-0.1, -0.05) is 54.6 Å². The summed E-state index contributed by atoms with van der Waals surface area (Å²) in [6.45, 7) is 0.850.